The minimum absolute atomic E-state index is 0.0557. The van der Waals surface area contributed by atoms with Crippen LogP contribution in [0.25, 0.3) is 0 Å². The van der Waals surface area contributed by atoms with Crippen molar-refractivity contribution in [2.24, 2.45) is 5.92 Å². The van der Waals surface area contributed by atoms with Crippen molar-refractivity contribution in [2.75, 3.05) is 20.8 Å². The summed E-state index contributed by atoms with van der Waals surface area (Å²) in [6.07, 6.45) is 1.19. The van der Waals surface area contributed by atoms with Crippen LogP contribution < -0.4 is 0 Å². The van der Waals surface area contributed by atoms with E-state index >= 15 is 0 Å². The lowest BCUT2D eigenvalue weighted by molar-refractivity contribution is -0.270. The Labute approximate surface area is 78.2 Å². The van der Waals surface area contributed by atoms with Crippen molar-refractivity contribution >= 4 is 5.97 Å². The second-order valence-electron chi connectivity index (χ2n) is 3.18. The Morgan fingerprint density at radius 1 is 1.38 bits per heavy atom. The standard InChI is InChI=1S/C9H16O4/c1-4-13-8(10)7-5-9(6-7,11-2)12-3/h7H,4-6H2,1-3H3. The van der Waals surface area contributed by atoms with Crippen LogP contribution in [-0.4, -0.2) is 32.6 Å². The van der Waals surface area contributed by atoms with Crippen LogP contribution in [0.4, 0.5) is 0 Å². The fourth-order valence-corrected chi connectivity index (χ4v) is 1.53. The molecule has 4 heteroatoms. The van der Waals surface area contributed by atoms with Gasteiger partial charge in [0.05, 0.1) is 12.5 Å². The van der Waals surface area contributed by atoms with Crippen molar-refractivity contribution in [2.45, 2.75) is 25.6 Å². The summed E-state index contributed by atoms with van der Waals surface area (Å²) in [7, 11) is 3.18. The minimum atomic E-state index is -0.544. The van der Waals surface area contributed by atoms with Crippen LogP contribution in [0.5, 0.6) is 0 Å². The average Bonchev–Trinajstić information content (AvgIpc) is 2.05. The molecule has 1 saturated carbocycles. The Morgan fingerprint density at radius 3 is 2.31 bits per heavy atom. The SMILES string of the molecule is CCOC(=O)C1CC(OC)(OC)C1. The molecule has 1 aliphatic carbocycles. The predicted octanol–water partition coefficient (Wildman–Crippen LogP) is 0.949. The first-order chi connectivity index (χ1) is 6.17. The number of hydrogen-bond donors (Lipinski definition) is 0. The molecule has 0 aromatic heterocycles. The molecular formula is C9H16O4. The van der Waals surface area contributed by atoms with Crippen molar-refractivity contribution in [1.82, 2.24) is 0 Å². The number of methoxy groups -OCH3 is 2. The van der Waals surface area contributed by atoms with Gasteiger partial charge in [-0.2, -0.15) is 0 Å². The molecule has 0 spiro atoms. The van der Waals surface area contributed by atoms with Gasteiger partial charge >= 0.3 is 5.97 Å². The molecule has 0 heterocycles. The van der Waals surface area contributed by atoms with Gasteiger partial charge in [0.25, 0.3) is 0 Å². The van der Waals surface area contributed by atoms with Crippen LogP contribution >= 0.6 is 0 Å². The van der Waals surface area contributed by atoms with Crippen molar-refractivity contribution in [3.05, 3.63) is 0 Å². The van der Waals surface area contributed by atoms with Crippen LogP contribution in [0, 0.1) is 5.92 Å². The number of rotatable bonds is 4. The molecule has 0 unspecified atom stereocenters. The largest absolute Gasteiger partial charge is 0.466 e. The molecule has 0 N–H and O–H groups in total. The number of hydrogen-bond acceptors (Lipinski definition) is 4. The second kappa shape index (κ2) is 4.07. The van der Waals surface area contributed by atoms with Crippen molar-refractivity contribution in [1.29, 1.82) is 0 Å². The highest BCUT2D eigenvalue weighted by Gasteiger charge is 2.49. The van der Waals surface area contributed by atoms with E-state index in [0.717, 1.165) is 0 Å². The summed E-state index contributed by atoms with van der Waals surface area (Å²) in [6, 6.07) is 0. The average molecular weight is 188 g/mol. The lowest BCUT2D eigenvalue weighted by atomic mass is 9.79. The van der Waals surface area contributed by atoms with E-state index in [0.29, 0.717) is 19.4 Å². The maximum atomic E-state index is 11.2. The molecular weight excluding hydrogens is 172 g/mol. The van der Waals surface area contributed by atoms with Crippen molar-refractivity contribution in [3.8, 4) is 0 Å². The Bertz CT molecular complexity index is 178. The highest BCUT2D eigenvalue weighted by atomic mass is 16.7. The van der Waals surface area contributed by atoms with Crippen LogP contribution in [-0.2, 0) is 19.0 Å². The van der Waals surface area contributed by atoms with Gasteiger partial charge in [0, 0.05) is 27.1 Å². The zero-order valence-corrected chi connectivity index (χ0v) is 8.33. The molecule has 0 aromatic rings. The van der Waals surface area contributed by atoms with E-state index in [1.165, 1.54) is 0 Å². The Kier molecular flexibility index (Phi) is 3.27. The van der Waals surface area contributed by atoms with Gasteiger partial charge in [-0.25, -0.2) is 0 Å². The second-order valence-corrected chi connectivity index (χ2v) is 3.18. The molecule has 0 aromatic carbocycles. The van der Waals surface area contributed by atoms with Crippen LogP contribution in [0.2, 0.25) is 0 Å². The first-order valence-electron chi connectivity index (χ1n) is 4.44. The first-order valence-corrected chi connectivity index (χ1v) is 4.44. The van der Waals surface area contributed by atoms with Gasteiger partial charge in [-0.3, -0.25) is 4.79 Å². The summed E-state index contributed by atoms with van der Waals surface area (Å²) in [5.74, 6) is -0.746. The summed E-state index contributed by atoms with van der Waals surface area (Å²) >= 11 is 0. The van der Waals surface area contributed by atoms with E-state index < -0.39 is 5.79 Å². The molecule has 0 amide bonds. The van der Waals surface area contributed by atoms with Crippen molar-refractivity contribution < 1.29 is 19.0 Å². The summed E-state index contributed by atoms with van der Waals surface area (Å²) in [5, 5.41) is 0. The predicted molar refractivity (Wildman–Crippen MR) is 46.1 cm³/mol. The van der Waals surface area contributed by atoms with Gasteiger partial charge in [-0.1, -0.05) is 0 Å². The Morgan fingerprint density at radius 2 is 1.92 bits per heavy atom. The maximum Gasteiger partial charge on any atom is 0.309 e. The molecule has 1 aliphatic rings. The summed E-state index contributed by atoms with van der Waals surface area (Å²) in [5.41, 5.74) is 0. The van der Waals surface area contributed by atoms with Crippen LogP contribution in [0.3, 0.4) is 0 Å². The van der Waals surface area contributed by atoms with E-state index in [1.54, 1.807) is 21.1 Å². The zero-order valence-electron chi connectivity index (χ0n) is 8.33. The molecule has 0 aliphatic heterocycles. The molecule has 76 valence electrons. The van der Waals surface area contributed by atoms with Crippen molar-refractivity contribution in [3.63, 3.8) is 0 Å². The number of esters is 1. The fraction of sp³-hybridized carbons (Fsp3) is 0.889. The molecule has 1 fully saturated rings. The molecule has 4 nitrogen and oxygen atoms in total. The quantitative estimate of drug-likeness (QED) is 0.486. The topological polar surface area (TPSA) is 44.8 Å². The fourth-order valence-electron chi connectivity index (χ4n) is 1.53. The Balaban J connectivity index is 2.35. The third-order valence-electron chi connectivity index (χ3n) is 2.48. The monoisotopic (exact) mass is 188 g/mol. The van der Waals surface area contributed by atoms with E-state index in [9.17, 15) is 4.79 Å². The van der Waals surface area contributed by atoms with Crippen LogP contribution in [0.1, 0.15) is 19.8 Å². The van der Waals surface area contributed by atoms with Gasteiger partial charge < -0.3 is 14.2 Å². The van der Waals surface area contributed by atoms with Gasteiger partial charge in [-0.15, -0.1) is 0 Å². The normalized spacial score (nSPS) is 20.8. The third kappa shape index (κ3) is 2.00. The van der Waals surface area contributed by atoms with Gasteiger partial charge in [0.2, 0.25) is 0 Å². The van der Waals surface area contributed by atoms with E-state index in [2.05, 4.69) is 0 Å². The smallest absolute Gasteiger partial charge is 0.309 e. The molecule has 0 radical (unpaired) electrons. The van der Waals surface area contributed by atoms with Gasteiger partial charge in [0.15, 0.2) is 5.79 Å². The van der Waals surface area contributed by atoms with Gasteiger partial charge in [0.1, 0.15) is 0 Å². The highest BCUT2D eigenvalue weighted by Crippen LogP contribution is 2.41. The van der Waals surface area contributed by atoms with E-state index in [-0.39, 0.29) is 11.9 Å². The van der Waals surface area contributed by atoms with Gasteiger partial charge in [-0.05, 0) is 6.92 Å². The zero-order chi connectivity index (χ0) is 9.90. The summed E-state index contributed by atoms with van der Waals surface area (Å²) in [6.45, 7) is 2.23. The highest BCUT2D eigenvalue weighted by molar-refractivity contribution is 5.73. The number of ether oxygens (including phenoxy) is 3. The molecule has 0 saturated heterocycles. The molecule has 0 atom stereocenters. The molecule has 13 heavy (non-hydrogen) atoms. The van der Waals surface area contributed by atoms with E-state index in [1.807, 2.05) is 0 Å². The lowest BCUT2D eigenvalue weighted by Crippen LogP contribution is -2.50. The summed E-state index contributed by atoms with van der Waals surface area (Å²) < 4.78 is 15.2. The van der Waals surface area contributed by atoms with E-state index in [4.69, 9.17) is 14.2 Å². The minimum Gasteiger partial charge on any atom is -0.466 e. The number of carbonyl (C=O) groups is 1. The number of carbonyl (C=O) groups excluding carboxylic acids is 1. The van der Waals surface area contributed by atoms with Crippen LogP contribution in [0.15, 0.2) is 0 Å². The summed E-state index contributed by atoms with van der Waals surface area (Å²) in [4.78, 5) is 11.2. The maximum absolute atomic E-state index is 11.2. The molecule has 1 rings (SSSR count). The third-order valence-corrected chi connectivity index (χ3v) is 2.48. The Hall–Kier alpha value is -0.610. The first kappa shape index (κ1) is 10.5. The lowest BCUT2D eigenvalue weighted by Gasteiger charge is -2.43. The molecule has 0 bridgehead atoms.